The molecule has 2 aromatic carbocycles. The predicted octanol–water partition coefficient (Wildman–Crippen LogP) is 7.19. The van der Waals surface area contributed by atoms with Gasteiger partial charge in [0.2, 0.25) is 11.8 Å². The number of nitriles is 1. The lowest BCUT2D eigenvalue weighted by Crippen LogP contribution is -2.42. The molecule has 5 rings (SSSR count). The summed E-state index contributed by atoms with van der Waals surface area (Å²) in [5, 5.41) is 13.7. The number of urea groups is 1. The van der Waals surface area contributed by atoms with Gasteiger partial charge in [-0.15, -0.1) is 0 Å². The summed E-state index contributed by atoms with van der Waals surface area (Å²) >= 11 is 0. The number of rotatable bonds is 12. The Morgan fingerprint density at radius 3 is 2.31 bits per heavy atom. The largest absolute Gasteiger partial charge is 0.416 e. The Hall–Kier alpha value is -4.70. The van der Waals surface area contributed by atoms with Gasteiger partial charge in [-0.1, -0.05) is 18.9 Å². The fourth-order valence-corrected chi connectivity index (χ4v) is 7.38. The fraction of sp³-hybridized carbons (Fsp3) is 0.513. The first-order valence-electron chi connectivity index (χ1n) is 18.0. The second-order valence-electron chi connectivity index (χ2n) is 15.3. The Morgan fingerprint density at radius 1 is 1.00 bits per heavy atom. The molecule has 278 valence electrons. The normalized spacial score (nSPS) is 20.9. The standard InChI is InChI=1S/C39H49F3N7O3/c1-27-37(34-20-21-44-48(34)32-18-16-30(26-43)17-19-32)47(38(52)46(27)33-10-7-9-31(25-33)39(40,41)42)35(50)11-6-8-28-12-14-29(15-13-28)24-36(51)45(2)22-23-49(3,4)5/h7,9-10,16-21,25,27-29,37H,6,8,11-15,22-24H2,1-5H3/q+1. The highest BCUT2D eigenvalue weighted by molar-refractivity contribution is 6.06. The van der Waals surface area contributed by atoms with Gasteiger partial charge in [0.1, 0.15) is 6.04 Å². The van der Waals surface area contributed by atoms with E-state index in [-0.39, 0.29) is 18.0 Å². The topological polar surface area (TPSA) is 103 Å². The van der Waals surface area contributed by atoms with Crippen LogP contribution in [0.1, 0.15) is 81.2 Å². The van der Waals surface area contributed by atoms with Crippen molar-refractivity contribution in [1.82, 2.24) is 19.6 Å². The molecule has 13 heteroatoms. The second kappa shape index (κ2) is 15.9. The lowest BCUT2D eigenvalue weighted by atomic mass is 9.78. The number of amides is 4. The Bertz CT molecular complexity index is 1770. The Balaban J connectivity index is 1.28. The van der Waals surface area contributed by atoms with Crippen molar-refractivity contribution in [2.45, 2.75) is 76.6 Å². The number of hydrogen-bond acceptors (Lipinski definition) is 5. The molecule has 2 fully saturated rings. The molecule has 0 N–H and O–H groups in total. The number of carbonyl (C=O) groups is 3. The SMILES string of the molecule is CC1C(c2ccnn2-c2ccc(C#N)cc2)N(C(=O)CCCC2CCC(CC(=O)N(C)CC[N+](C)(C)C)CC2)C(=O)N1c1cccc(C(F)(F)F)c1. The third-order valence-electron chi connectivity index (χ3n) is 10.5. The third-order valence-corrected chi connectivity index (χ3v) is 10.5. The van der Waals surface area contributed by atoms with Gasteiger partial charge in [-0.2, -0.15) is 23.5 Å². The van der Waals surface area contributed by atoms with E-state index in [4.69, 9.17) is 0 Å². The number of imide groups is 1. The highest BCUT2D eigenvalue weighted by atomic mass is 19.4. The van der Waals surface area contributed by atoms with Gasteiger partial charge in [0.15, 0.2) is 0 Å². The number of aromatic nitrogens is 2. The number of nitrogens with zero attached hydrogens (tertiary/aromatic N) is 7. The zero-order chi connectivity index (χ0) is 37.8. The van der Waals surface area contributed by atoms with Crippen molar-refractivity contribution in [3.63, 3.8) is 0 Å². The minimum atomic E-state index is -4.61. The number of halogens is 3. The van der Waals surface area contributed by atoms with Crippen molar-refractivity contribution in [1.29, 1.82) is 5.26 Å². The number of anilines is 1. The first-order valence-corrected chi connectivity index (χ1v) is 18.0. The molecule has 0 bridgehead atoms. The third kappa shape index (κ3) is 9.02. The molecule has 1 saturated carbocycles. The van der Waals surface area contributed by atoms with E-state index in [1.807, 2.05) is 11.9 Å². The summed E-state index contributed by atoms with van der Waals surface area (Å²) < 4.78 is 43.5. The predicted molar refractivity (Wildman–Crippen MR) is 191 cm³/mol. The Morgan fingerprint density at radius 2 is 1.67 bits per heavy atom. The molecule has 1 aromatic heterocycles. The van der Waals surface area contributed by atoms with Crippen molar-refractivity contribution >= 4 is 23.5 Å². The molecule has 2 unspecified atom stereocenters. The quantitative estimate of drug-likeness (QED) is 0.184. The van der Waals surface area contributed by atoms with Gasteiger partial charge >= 0.3 is 12.2 Å². The van der Waals surface area contributed by atoms with Gasteiger partial charge < -0.3 is 9.38 Å². The van der Waals surface area contributed by atoms with Crippen LogP contribution in [0, 0.1) is 23.2 Å². The van der Waals surface area contributed by atoms with Crippen LogP contribution in [-0.4, -0.2) is 89.2 Å². The van der Waals surface area contributed by atoms with Crippen molar-refractivity contribution in [3.05, 3.63) is 77.6 Å². The highest BCUT2D eigenvalue weighted by Gasteiger charge is 2.49. The van der Waals surface area contributed by atoms with Crippen molar-refractivity contribution in [3.8, 4) is 11.8 Å². The smallest absolute Gasteiger partial charge is 0.340 e. The van der Waals surface area contributed by atoms with E-state index in [1.54, 1.807) is 48.1 Å². The summed E-state index contributed by atoms with van der Waals surface area (Å²) in [5.74, 6) is 0.545. The summed E-state index contributed by atoms with van der Waals surface area (Å²) in [6, 6.07) is 12.8. The molecule has 1 aliphatic carbocycles. The molecular weight excluding hydrogens is 671 g/mol. The van der Waals surface area contributed by atoms with E-state index in [1.165, 1.54) is 21.9 Å². The van der Waals surface area contributed by atoms with Gasteiger partial charge in [0, 0.05) is 31.8 Å². The first kappa shape index (κ1) is 38.5. The molecule has 2 heterocycles. The van der Waals surface area contributed by atoms with Crippen molar-refractivity contribution < 1.29 is 32.0 Å². The second-order valence-corrected chi connectivity index (χ2v) is 15.3. The van der Waals surface area contributed by atoms with Crippen LogP contribution in [0.3, 0.4) is 0 Å². The molecule has 0 radical (unpaired) electrons. The van der Waals surface area contributed by atoms with Crippen LogP contribution in [0.25, 0.3) is 5.69 Å². The number of likely N-dealkylation sites (N-methyl/N-ethyl adjacent to an activating group) is 2. The van der Waals surface area contributed by atoms with Gasteiger partial charge in [-0.3, -0.25) is 19.4 Å². The van der Waals surface area contributed by atoms with E-state index < -0.39 is 35.8 Å². The molecule has 1 aliphatic heterocycles. The Labute approximate surface area is 304 Å². The molecule has 2 aliphatic rings. The van der Waals surface area contributed by atoms with Crippen LogP contribution in [0.5, 0.6) is 0 Å². The molecule has 52 heavy (non-hydrogen) atoms. The van der Waals surface area contributed by atoms with Gasteiger partial charge in [0.05, 0.1) is 68.9 Å². The van der Waals surface area contributed by atoms with E-state index in [2.05, 4.69) is 32.3 Å². The molecule has 0 spiro atoms. The molecular formula is C39H49F3N7O3+. The van der Waals surface area contributed by atoms with E-state index in [0.717, 1.165) is 61.8 Å². The molecule has 3 aromatic rings. The van der Waals surface area contributed by atoms with E-state index in [0.29, 0.717) is 41.6 Å². The maximum atomic E-state index is 14.1. The summed E-state index contributed by atoms with van der Waals surface area (Å²) in [6.07, 6.45) is 2.83. The van der Waals surface area contributed by atoms with Gasteiger partial charge in [-0.25, -0.2) is 9.48 Å². The Kier molecular flexibility index (Phi) is 11.8. The molecule has 1 saturated heterocycles. The summed E-state index contributed by atoms with van der Waals surface area (Å²) in [4.78, 5) is 45.3. The summed E-state index contributed by atoms with van der Waals surface area (Å²) in [7, 11) is 8.20. The lowest BCUT2D eigenvalue weighted by Gasteiger charge is -2.30. The summed E-state index contributed by atoms with van der Waals surface area (Å²) in [5.41, 5.74) is 0.739. The van der Waals surface area contributed by atoms with Crippen LogP contribution in [0.4, 0.5) is 23.7 Å². The van der Waals surface area contributed by atoms with E-state index >= 15 is 0 Å². The number of alkyl halides is 3. The molecule has 2 atom stereocenters. The molecule has 10 nitrogen and oxygen atoms in total. The van der Waals surface area contributed by atoms with Crippen LogP contribution in [-0.2, 0) is 15.8 Å². The maximum absolute atomic E-state index is 14.1. The van der Waals surface area contributed by atoms with Crippen molar-refractivity contribution in [2.75, 3.05) is 46.2 Å². The van der Waals surface area contributed by atoms with Crippen LogP contribution < -0.4 is 4.90 Å². The van der Waals surface area contributed by atoms with Gasteiger partial charge in [0.25, 0.3) is 0 Å². The number of quaternary nitrogens is 1. The monoisotopic (exact) mass is 720 g/mol. The number of hydrogen-bond donors (Lipinski definition) is 0. The van der Waals surface area contributed by atoms with Crippen LogP contribution >= 0.6 is 0 Å². The minimum absolute atomic E-state index is 0.0480. The van der Waals surface area contributed by atoms with E-state index in [9.17, 15) is 32.8 Å². The first-order chi connectivity index (χ1) is 24.6. The van der Waals surface area contributed by atoms with Crippen LogP contribution in [0.2, 0.25) is 0 Å². The highest BCUT2D eigenvalue weighted by Crippen LogP contribution is 2.41. The average molecular weight is 721 g/mol. The zero-order valence-electron chi connectivity index (χ0n) is 30.6. The maximum Gasteiger partial charge on any atom is 0.416 e. The zero-order valence-corrected chi connectivity index (χ0v) is 30.6. The minimum Gasteiger partial charge on any atom is -0.340 e. The van der Waals surface area contributed by atoms with Crippen molar-refractivity contribution in [2.24, 2.45) is 11.8 Å². The van der Waals surface area contributed by atoms with Crippen LogP contribution in [0.15, 0.2) is 60.8 Å². The average Bonchev–Trinajstić information content (AvgIpc) is 3.68. The lowest BCUT2D eigenvalue weighted by molar-refractivity contribution is -0.869. The molecule has 4 amide bonds. The summed E-state index contributed by atoms with van der Waals surface area (Å²) in [6.45, 7) is 3.33. The number of carbonyl (C=O) groups excluding carboxylic acids is 3. The van der Waals surface area contributed by atoms with Gasteiger partial charge in [-0.05, 0) is 93.0 Å². The fourth-order valence-electron chi connectivity index (χ4n) is 7.38. The number of benzene rings is 2.